The summed E-state index contributed by atoms with van der Waals surface area (Å²) in [6, 6.07) is 0.659. The highest BCUT2D eigenvalue weighted by molar-refractivity contribution is 4.77. The maximum absolute atomic E-state index is 3.81. The number of nitrogens with one attached hydrogen (secondary N) is 1. The van der Waals surface area contributed by atoms with Crippen molar-refractivity contribution in [2.75, 3.05) is 6.54 Å². The first-order chi connectivity index (χ1) is 6.70. The average molecular weight is 197 g/mol. The Morgan fingerprint density at radius 1 is 1.29 bits per heavy atom. The van der Waals surface area contributed by atoms with Crippen LogP contribution in [0, 0.1) is 5.92 Å². The van der Waals surface area contributed by atoms with E-state index in [1.165, 1.54) is 25.7 Å². The average Bonchev–Trinajstić information content (AvgIpc) is 2.13. The summed E-state index contributed by atoms with van der Waals surface area (Å²) in [7, 11) is 0. The van der Waals surface area contributed by atoms with Crippen molar-refractivity contribution in [1.29, 1.82) is 0 Å². The molecule has 0 amide bonds. The SMILES string of the molecule is C=CCC(CCCC(C)C)NCCC. The Morgan fingerprint density at radius 3 is 2.50 bits per heavy atom. The molecular formula is C13H27N. The smallest absolute Gasteiger partial charge is 0.0101 e. The molecule has 1 unspecified atom stereocenters. The van der Waals surface area contributed by atoms with Gasteiger partial charge in [0.15, 0.2) is 0 Å². The maximum atomic E-state index is 3.81. The normalized spacial score (nSPS) is 13.1. The summed E-state index contributed by atoms with van der Waals surface area (Å²) in [5.41, 5.74) is 0. The Labute approximate surface area is 90.0 Å². The Hall–Kier alpha value is -0.300. The Kier molecular flexibility index (Phi) is 9.06. The summed E-state index contributed by atoms with van der Waals surface area (Å²) in [4.78, 5) is 0. The Balaban J connectivity index is 3.55. The molecule has 0 aromatic rings. The van der Waals surface area contributed by atoms with Crippen LogP contribution in [-0.2, 0) is 0 Å². The van der Waals surface area contributed by atoms with E-state index in [1.54, 1.807) is 0 Å². The van der Waals surface area contributed by atoms with Crippen LogP contribution < -0.4 is 5.32 Å². The predicted octanol–water partition coefficient (Wildman–Crippen LogP) is 3.76. The molecule has 0 rings (SSSR count). The first kappa shape index (κ1) is 13.7. The fraction of sp³-hybridized carbons (Fsp3) is 0.846. The molecule has 0 fully saturated rings. The van der Waals surface area contributed by atoms with Crippen LogP contribution in [0.15, 0.2) is 12.7 Å². The Morgan fingerprint density at radius 2 is 2.00 bits per heavy atom. The van der Waals surface area contributed by atoms with Gasteiger partial charge in [0.1, 0.15) is 0 Å². The van der Waals surface area contributed by atoms with Gasteiger partial charge in [0.2, 0.25) is 0 Å². The molecule has 1 atom stereocenters. The molecule has 0 heterocycles. The van der Waals surface area contributed by atoms with Gasteiger partial charge in [-0.1, -0.05) is 39.7 Å². The minimum atomic E-state index is 0.659. The second-order valence-electron chi connectivity index (χ2n) is 4.50. The molecule has 0 saturated carbocycles. The summed E-state index contributed by atoms with van der Waals surface area (Å²) in [6.45, 7) is 11.8. The van der Waals surface area contributed by atoms with Gasteiger partial charge in [0.05, 0.1) is 0 Å². The van der Waals surface area contributed by atoms with Crippen molar-refractivity contribution in [2.45, 2.75) is 58.9 Å². The zero-order valence-electron chi connectivity index (χ0n) is 10.2. The van der Waals surface area contributed by atoms with Crippen LogP contribution in [-0.4, -0.2) is 12.6 Å². The molecule has 0 saturated heterocycles. The molecule has 0 aliphatic heterocycles. The zero-order chi connectivity index (χ0) is 10.8. The molecule has 0 aliphatic carbocycles. The molecule has 84 valence electrons. The highest BCUT2D eigenvalue weighted by Crippen LogP contribution is 2.10. The van der Waals surface area contributed by atoms with E-state index in [0.29, 0.717) is 6.04 Å². The van der Waals surface area contributed by atoms with Crippen molar-refractivity contribution in [3.8, 4) is 0 Å². The van der Waals surface area contributed by atoms with Gasteiger partial charge in [0, 0.05) is 6.04 Å². The van der Waals surface area contributed by atoms with E-state index in [1.807, 2.05) is 6.08 Å². The minimum absolute atomic E-state index is 0.659. The van der Waals surface area contributed by atoms with Gasteiger partial charge in [-0.15, -0.1) is 6.58 Å². The molecule has 1 nitrogen and oxygen atoms in total. The quantitative estimate of drug-likeness (QED) is 0.555. The van der Waals surface area contributed by atoms with E-state index < -0.39 is 0 Å². The van der Waals surface area contributed by atoms with E-state index in [2.05, 4.69) is 32.7 Å². The van der Waals surface area contributed by atoms with Crippen LogP contribution in [0.1, 0.15) is 52.9 Å². The van der Waals surface area contributed by atoms with E-state index in [9.17, 15) is 0 Å². The lowest BCUT2D eigenvalue weighted by molar-refractivity contribution is 0.439. The van der Waals surface area contributed by atoms with Crippen LogP contribution >= 0.6 is 0 Å². The van der Waals surface area contributed by atoms with Crippen molar-refractivity contribution in [3.63, 3.8) is 0 Å². The van der Waals surface area contributed by atoms with E-state index >= 15 is 0 Å². The van der Waals surface area contributed by atoms with Crippen LogP contribution in [0.2, 0.25) is 0 Å². The third kappa shape index (κ3) is 8.31. The second-order valence-corrected chi connectivity index (χ2v) is 4.50. The zero-order valence-corrected chi connectivity index (χ0v) is 10.2. The predicted molar refractivity (Wildman–Crippen MR) is 65.6 cm³/mol. The van der Waals surface area contributed by atoms with Crippen LogP contribution in [0.4, 0.5) is 0 Å². The van der Waals surface area contributed by atoms with Crippen molar-refractivity contribution in [3.05, 3.63) is 12.7 Å². The topological polar surface area (TPSA) is 12.0 Å². The summed E-state index contributed by atoms with van der Waals surface area (Å²) in [5, 5.41) is 3.57. The monoisotopic (exact) mass is 197 g/mol. The van der Waals surface area contributed by atoms with Gasteiger partial charge in [-0.05, 0) is 31.7 Å². The summed E-state index contributed by atoms with van der Waals surface area (Å²) >= 11 is 0. The van der Waals surface area contributed by atoms with Gasteiger partial charge < -0.3 is 5.32 Å². The summed E-state index contributed by atoms with van der Waals surface area (Å²) in [6.07, 6.45) is 8.34. The molecule has 1 heteroatoms. The lowest BCUT2D eigenvalue weighted by Gasteiger charge is -2.17. The van der Waals surface area contributed by atoms with Crippen molar-refractivity contribution in [1.82, 2.24) is 5.32 Å². The van der Waals surface area contributed by atoms with Crippen molar-refractivity contribution >= 4 is 0 Å². The third-order valence-electron chi connectivity index (χ3n) is 2.47. The van der Waals surface area contributed by atoms with E-state index in [4.69, 9.17) is 0 Å². The van der Waals surface area contributed by atoms with Crippen LogP contribution in [0.5, 0.6) is 0 Å². The highest BCUT2D eigenvalue weighted by atomic mass is 14.9. The summed E-state index contributed by atoms with van der Waals surface area (Å²) in [5.74, 6) is 0.838. The lowest BCUT2D eigenvalue weighted by atomic mass is 10.0. The standard InChI is InChI=1S/C13H27N/c1-5-8-13(14-11-6-2)10-7-9-12(3)4/h5,12-14H,1,6-11H2,2-4H3. The minimum Gasteiger partial charge on any atom is -0.314 e. The molecule has 1 N–H and O–H groups in total. The Bertz CT molecular complexity index is 129. The molecule has 0 radical (unpaired) electrons. The number of hydrogen-bond donors (Lipinski definition) is 1. The maximum Gasteiger partial charge on any atom is 0.0101 e. The molecule has 0 aromatic heterocycles. The largest absolute Gasteiger partial charge is 0.314 e. The molecule has 14 heavy (non-hydrogen) atoms. The fourth-order valence-corrected chi connectivity index (χ4v) is 1.63. The van der Waals surface area contributed by atoms with Crippen molar-refractivity contribution < 1.29 is 0 Å². The third-order valence-corrected chi connectivity index (χ3v) is 2.47. The first-order valence-corrected chi connectivity index (χ1v) is 6.05. The number of rotatable bonds is 9. The van der Waals surface area contributed by atoms with Crippen LogP contribution in [0.3, 0.4) is 0 Å². The molecule has 0 spiro atoms. The fourth-order valence-electron chi connectivity index (χ4n) is 1.63. The lowest BCUT2D eigenvalue weighted by Crippen LogP contribution is -2.29. The van der Waals surface area contributed by atoms with Gasteiger partial charge >= 0.3 is 0 Å². The second kappa shape index (κ2) is 9.26. The van der Waals surface area contributed by atoms with E-state index in [-0.39, 0.29) is 0 Å². The summed E-state index contributed by atoms with van der Waals surface area (Å²) < 4.78 is 0. The van der Waals surface area contributed by atoms with Gasteiger partial charge in [-0.3, -0.25) is 0 Å². The van der Waals surface area contributed by atoms with Gasteiger partial charge in [-0.2, -0.15) is 0 Å². The molecule has 0 bridgehead atoms. The number of hydrogen-bond acceptors (Lipinski definition) is 1. The van der Waals surface area contributed by atoms with Gasteiger partial charge in [-0.25, -0.2) is 0 Å². The van der Waals surface area contributed by atoms with E-state index in [0.717, 1.165) is 18.9 Å². The van der Waals surface area contributed by atoms with Crippen molar-refractivity contribution in [2.24, 2.45) is 5.92 Å². The van der Waals surface area contributed by atoms with Crippen LogP contribution in [0.25, 0.3) is 0 Å². The molecular weight excluding hydrogens is 170 g/mol. The first-order valence-electron chi connectivity index (χ1n) is 6.05. The molecule has 0 aromatic carbocycles. The molecule has 0 aliphatic rings. The van der Waals surface area contributed by atoms with Gasteiger partial charge in [0.25, 0.3) is 0 Å². The highest BCUT2D eigenvalue weighted by Gasteiger charge is 2.05.